The lowest BCUT2D eigenvalue weighted by Gasteiger charge is -2.27. The van der Waals surface area contributed by atoms with Gasteiger partial charge in [-0.2, -0.15) is 5.10 Å². The van der Waals surface area contributed by atoms with Crippen LogP contribution in [0.25, 0.3) is 11.1 Å². The molecule has 32 heavy (non-hydrogen) atoms. The second-order valence-electron chi connectivity index (χ2n) is 8.90. The molecule has 0 saturated heterocycles. The van der Waals surface area contributed by atoms with Gasteiger partial charge in [0.2, 0.25) is 0 Å². The molecule has 0 fully saturated rings. The van der Waals surface area contributed by atoms with Crippen molar-refractivity contribution >= 4 is 17.4 Å². The monoisotopic (exact) mass is 455 g/mol. The number of nitrogens with zero attached hydrogens (tertiary/aromatic N) is 4. The normalized spacial score (nSPS) is 20.2. The molecule has 6 nitrogen and oxygen atoms in total. The summed E-state index contributed by atoms with van der Waals surface area (Å²) in [6.45, 7) is 6.55. The summed E-state index contributed by atoms with van der Waals surface area (Å²) >= 11 is 6.55. The predicted molar refractivity (Wildman–Crippen MR) is 124 cm³/mol. The van der Waals surface area contributed by atoms with Crippen LogP contribution in [0.3, 0.4) is 0 Å². The number of pyridine rings is 1. The summed E-state index contributed by atoms with van der Waals surface area (Å²) in [6.07, 6.45) is 1.89. The molecule has 168 valence electrons. The third-order valence-electron chi connectivity index (χ3n) is 6.78. The molecule has 5 rings (SSSR count). The second kappa shape index (κ2) is 8.14. The Labute approximate surface area is 192 Å². The molecule has 4 heterocycles. The zero-order valence-corrected chi connectivity index (χ0v) is 19.2. The van der Waals surface area contributed by atoms with Crippen molar-refractivity contribution in [3.05, 3.63) is 63.3 Å². The maximum absolute atomic E-state index is 14.5. The van der Waals surface area contributed by atoms with Crippen LogP contribution in [0.2, 0.25) is 5.02 Å². The molecule has 2 N–H and O–H groups in total. The number of benzene rings is 1. The Morgan fingerprint density at radius 2 is 2.12 bits per heavy atom. The van der Waals surface area contributed by atoms with Gasteiger partial charge in [-0.3, -0.25) is 9.58 Å². The number of nitrogens with one attached hydrogen (secondary N) is 1. The Balaban J connectivity index is 1.75. The summed E-state index contributed by atoms with van der Waals surface area (Å²) in [6, 6.07) is 5.50. The molecule has 3 aromatic rings. The lowest BCUT2D eigenvalue weighted by Crippen LogP contribution is -2.23. The minimum Gasteiger partial charge on any atom is -0.394 e. The summed E-state index contributed by atoms with van der Waals surface area (Å²) in [4.78, 5) is 6.90. The highest BCUT2D eigenvalue weighted by Gasteiger charge is 2.33. The van der Waals surface area contributed by atoms with Crippen LogP contribution >= 0.6 is 11.6 Å². The highest BCUT2D eigenvalue weighted by molar-refractivity contribution is 6.31. The minimum absolute atomic E-state index is 0.0148. The van der Waals surface area contributed by atoms with Crippen molar-refractivity contribution in [1.29, 1.82) is 0 Å². The van der Waals surface area contributed by atoms with Gasteiger partial charge < -0.3 is 10.4 Å². The first-order valence-corrected chi connectivity index (χ1v) is 11.3. The first-order chi connectivity index (χ1) is 15.4. The number of aliphatic hydroxyl groups is 1. The van der Waals surface area contributed by atoms with Crippen LogP contribution in [0.1, 0.15) is 46.8 Å². The van der Waals surface area contributed by atoms with Crippen molar-refractivity contribution in [2.75, 3.05) is 25.5 Å². The van der Waals surface area contributed by atoms with Gasteiger partial charge in [-0.1, -0.05) is 24.6 Å². The summed E-state index contributed by atoms with van der Waals surface area (Å²) in [5.41, 5.74) is 7.04. The van der Waals surface area contributed by atoms with Gasteiger partial charge in [-0.15, -0.1) is 0 Å². The molecule has 0 aliphatic carbocycles. The van der Waals surface area contributed by atoms with Gasteiger partial charge in [0.15, 0.2) is 0 Å². The van der Waals surface area contributed by atoms with Crippen molar-refractivity contribution in [3.8, 4) is 11.1 Å². The van der Waals surface area contributed by atoms with Crippen LogP contribution in [-0.2, 0) is 19.6 Å². The highest BCUT2D eigenvalue weighted by atomic mass is 35.5. The standard InChI is InChI=1S/C24H27ClFN5O/c1-13-18-10-28-24-17(18)8-16(9-27-24)22-14(2)29-31(6-7-32)20(22)12-30(3)11-15-4-5-19(26)23(25)21(13)15/h4-5,8-9,13,18,32H,6-7,10-12H2,1-3H3,(H,27,28). The zero-order valence-electron chi connectivity index (χ0n) is 18.5. The number of aliphatic hydroxyl groups excluding tert-OH is 1. The quantitative estimate of drug-likeness (QED) is 0.603. The third-order valence-corrected chi connectivity index (χ3v) is 7.17. The van der Waals surface area contributed by atoms with Gasteiger partial charge in [0.05, 0.1) is 29.6 Å². The Bertz CT molecular complexity index is 1190. The number of fused-ring (bicyclic) bond motifs is 4. The fourth-order valence-corrected chi connectivity index (χ4v) is 5.65. The molecule has 2 bridgehead atoms. The minimum atomic E-state index is -0.385. The predicted octanol–water partition coefficient (Wildman–Crippen LogP) is 4.30. The summed E-state index contributed by atoms with van der Waals surface area (Å²) in [7, 11) is 2.04. The molecule has 0 spiro atoms. The molecule has 8 heteroatoms. The summed E-state index contributed by atoms with van der Waals surface area (Å²) < 4.78 is 16.4. The van der Waals surface area contributed by atoms with Gasteiger partial charge in [-0.05, 0) is 43.1 Å². The lowest BCUT2D eigenvalue weighted by atomic mass is 9.81. The van der Waals surface area contributed by atoms with Crippen molar-refractivity contribution in [2.24, 2.45) is 0 Å². The molecule has 0 saturated carbocycles. The van der Waals surface area contributed by atoms with Crippen molar-refractivity contribution < 1.29 is 9.50 Å². The van der Waals surface area contributed by atoms with E-state index < -0.39 is 0 Å². The smallest absolute Gasteiger partial charge is 0.142 e. The molecule has 1 aromatic carbocycles. The van der Waals surface area contributed by atoms with E-state index in [0.717, 1.165) is 51.6 Å². The Kier molecular flexibility index (Phi) is 5.43. The van der Waals surface area contributed by atoms with Crippen molar-refractivity contribution in [1.82, 2.24) is 19.7 Å². The van der Waals surface area contributed by atoms with E-state index in [1.54, 1.807) is 0 Å². The molecule has 0 radical (unpaired) electrons. The van der Waals surface area contributed by atoms with Gasteiger partial charge in [-0.25, -0.2) is 9.37 Å². The Hall–Kier alpha value is -2.48. The van der Waals surface area contributed by atoms with Gasteiger partial charge in [0, 0.05) is 48.4 Å². The number of hydrogen-bond donors (Lipinski definition) is 2. The van der Waals surface area contributed by atoms with E-state index in [1.165, 1.54) is 6.07 Å². The van der Waals surface area contributed by atoms with Crippen LogP contribution < -0.4 is 5.32 Å². The zero-order chi connectivity index (χ0) is 22.6. The first kappa shape index (κ1) is 21.4. The number of aromatic nitrogens is 3. The van der Waals surface area contributed by atoms with Gasteiger partial charge >= 0.3 is 0 Å². The SMILES string of the molecule is Cc1nn(CCO)c2c1-c1cnc3c(c1)C(CN3)C(C)c1c(ccc(F)c1Cl)CN(C)C2. The molecular weight excluding hydrogens is 429 g/mol. The highest BCUT2D eigenvalue weighted by Crippen LogP contribution is 2.45. The molecule has 2 atom stereocenters. The van der Waals surface area contributed by atoms with E-state index in [9.17, 15) is 9.50 Å². The van der Waals surface area contributed by atoms with Crippen LogP contribution in [0.5, 0.6) is 0 Å². The molecule has 2 aliphatic rings. The maximum Gasteiger partial charge on any atom is 0.142 e. The van der Waals surface area contributed by atoms with E-state index in [0.29, 0.717) is 19.6 Å². The van der Waals surface area contributed by atoms with E-state index in [-0.39, 0.29) is 29.3 Å². The molecule has 0 amide bonds. The Morgan fingerprint density at radius 3 is 2.91 bits per heavy atom. The topological polar surface area (TPSA) is 66.2 Å². The van der Waals surface area contributed by atoms with Gasteiger partial charge in [0.25, 0.3) is 0 Å². The van der Waals surface area contributed by atoms with Crippen molar-refractivity contribution in [3.63, 3.8) is 0 Å². The van der Waals surface area contributed by atoms with E-state index in [1.807, 2.05) is 30.9 Å². The second-order valence-corrected chi connectivity index (χ2v) is 9.28. The number of anilines is 1. The maximum atomic E-state index is 14.5. The van der Waals surface area contributed by atoms with Crippen LogP contribution in [0.15, 0.2) is 24.4 Å². The van der Waals surface area contributed by atoms with Crippen LogP contribution in [0, 0.1) is 12.7 Å². The van der Waals surface area contributed by atoms with Crippen LogP contribution in [0.4, 0.5) is 10.2 Å². The Morgan fingerprint density at radius 1 is 1.31 bits per heavy atom. The average Bonchev–Trinajstić information content (AvgIpc) is 3.30. The number of rotatable bonds is 2. The van der Waals surface area contributed by atoms with Crippen molar-refractivity contribution in [2.45, 2.75) is 45.3 Å². The van der Waals surface area contributed by atoms with Gasteiger partial charge in [0.1, 0.15) is 11.6 Å². The van der Waals surface area contributed by atoms with Crippen LogP contribution in [-0.4, -0.2) is 45.0 Å². The fourth-order valence-electron chi connectivity index (χ4n) is 5.30. The summed E-state index contributed by atoms with van der Waals surface area (Å²) in [5.74, 6) is 0.626. The van der Waals surface area contributed by atoms with E-state index in [4.69, 9.17) is 21.7 Å². The number of halogens is 2. The number of aryl methyl sites for hydroxylation is 1. The fraction of sp³-hybridized carbons (Fsp3) is 0.417. The van der Waals surface area contributed by atoms with E-state index >= 15 is 0 Å². The lowest BCUT2D eigenvalue weighted by molar-refractivity contribution is 0.257. The van der Waals surface area contributed by atoms with E-state index in [2.05, 4.69) is 23.2 Å². The molecule has 2 aromatic heterocycles. The average molecular weight is 456 g/mol. The largest absolute Gasteiger partial charge is 0.394 e. The summed E-state index contributed by atoms with van der Waals surface area (Å²) in [5, 5.41) is 17.9. The molecule has 2 unspecified atom stereocenters. The third kappa shape index (κ3) is 3.39. The first-order valence-electron chi connectivity index (χ1n) is 11.0. The number of hydrogen-bond acceptors (Lipinski definition) is 5. The molecule has 2 aliphatic heterocycles. The molecular formula is C24H27ClFN5O.